The van der Waals surface area contributed by atoms with E-state index in [1.165, 1.54) is 0 Å². The number of urea groups is 1. The lowest BCUT2D eigenvalue weighted by molar-refractivity contribution is -0.156. The highest BCUT2D eigenvalue weighted by molar-refractivity contribution is 7.80. The number of amides is 2. The maximum absolute atomic E-state index is 14.2. The summed E-state index contributed by atoms with van der Waals surface area (Å²) in [5.74, 6) is -2.29. The second kappa shape index (κ2) is 5.26. The van der Waals surface area contributed by atoms with E-state index in [-0.39, 0.29) is 32.5 Å². The van der Waals surface area contributed by atoms with Crippen LogP contribution in [0.4, 0.5) is 9.18 Å². The van der Waals surface area contributed by atoms with Crippen molar-refractivity contribution in [1.29, 1.82) is 0 Å². The normalized spacial score (nSPS) is 37.5. The molecule has 0 aromatic rings. The summed E-state index contributed by atoms with van der Waals surface area (Å²) in [6.45, 7) is -0.0126. The van der Waals surface area contributed by atoms with E-state index in [0.717, 1.165) is 4.90 Å². The highest BCUT2D eigenvalue weighted by Crippen LogP contribution is 2.44. The van der Waals surface area contributed by atoms with Crippen LogP contribution in [0.25, 0.3) is 0 Å². The van der Waals surface area contributed by atoms with Gasteiger partial charge in [-0.25, -0.2) is 14.0 Å². The minimum absolute atomic E-state index is 0.00358. The molecule has 2 bridgehead atoms. The van der Waals surface area contributed by atoms with Crippen LogP contribution < -0.4 is 5.32 Å². The first-order chi connectivity index (χ1) is 10.7. The molecule has 0 aromatic heterocycles. The molecule has 0 aromatic carbocycles. The van der Waals surface area contributed by atoms with E-state index in [1.807, 2.05) is 0 Å². The van der Waals surface area contributed by atoms with Crippen molar-refractivity contribution >= 4 is 22.4 Å². The molecule has 130 valence electrons. The van der Waals surface area contributed by atoms with E-state index in [4.69, 9.17) is 4.55 Å². The van der Waals surface area contributed by atoms with Crippen LogP contribution >= 0.6 is 0 Å². The van der Waals surface area contributed by atoms with E-state index in [9.17, 15) is 27.5 Å². The molecule has 12 heteroatoms. The number of carbonyl (C=O) groups is 2. The van der Waals surface area contributed by atoms with E-state index in [0.29, 0.717) is 5.06 Å². The Morgan fingerprint density at radius 1 is 1.43 bits per heavy atom. The van der Waals surface area contributed by atoms with E-state index in [2.05, 4.69) is 9.60 Å². The number of nitrogens with zero attached hydrogens (tertiary/aromatic N) is 2. The van der Waals surface area contributed by atoms with Crippen LogP contribution in [0.3, 0.4) is 0 Å². The summed E-state index contributed by atoms with van der Waals surface area (Å²) in [7, 11) is -4.92. The van der Waals surface area contributed by atoms with Crippen LogP contribution in [-0.4, -0.2) is 77.4 Å². The standard InChI is InChI=1S/C11H16FN3O7S/c12-8-4-13-3-7(8)11(9(16)17)2-1-6-5-14(11)10(18)15(6)22-23(19,20)21/h6-8,13H,1-5H2,(H,16,17)(H,19,20,21)/t6-,7-,8-,11+/m1/s1. The first kappa shape index (κ1) is 16.4. The van der Waals surface area contributed by atoms with E-state index < -0.39 is 46.1 Å². The number of rotatable bonds is 4. The first-order valence-corrected chi connectivity index (χ1v) is 8.39. The number of fused-ring (bicyclic) bond motifs is 2. The van der Waals surface area contributed by atoms with Crippen molar-refractivity contribution in [2.75, 3.05) is 19.6 Å². The Kier molecular flexibility index (Phi) is 3.74. The average Bonchev–Trinajstić information content (AvgIpc) is 2.97. The fourth-order valence-corrected chi connectivity index (χ4v) is 4.17. The number of hydrogen-bond acceptors (Lipinski definition) is 6. The number of halogens is 1. The molecule has 3 fully saturated rings. The summed E-state index contributed by atoms with van der Waals surface area (Å²) >= 11 is 0. The summed E-state index contributed by atoms with van der Waals surface area (Å²) in [5.41, 5.74) is -1.77. The van der Waals surface area contributed by atoms with Gasteiger partial charge in [-0.2, -0.15) is 13.5 Å². The summed E-state index contributed by atoms with van der Waals surface area (Å²) < 4.78 is 48.9. The maximum Gasteiger partial charge on any atom is 0.418 e. The number of carbonyl (C=O) groups excluding carboxylic acids is 1. The van der Waals surface area contributed by atoms with Gasteiger partial charge < -0.3 is 15.3 Å². The minimum Gasteiger partial charge on any atom is -0.479 e. The third-order valence-electron chi connectivity index (χ3n) is 4.78. The molecule has 4 atom stereocenters. The largest absolute Gasteiger partial charge is 0.479 e. The predicted molar refractivity (Wildman–Crippen MR) is 71.2 cm³/mol. The quantitative estimate of drug-likeness (QED) is 0.548. The van der Waals surface area contributed by atoms with Gasteiger partial charge in [-0.05, 0) is 12.8 Å². The molecule has 0 spiro atoms. The van der Waals surface area contributed by atoms with Crippen molar-refractivity contribution in [3.63, 3.8) is 0 Å². The molecule has 0 radical (unpaired) electrons. The highest BCUT2D eigenvalue weighted by atomic mass is 32.3. The van der Waals surface area contributed by atoms with Gasteiger partial charge in [-0.3, -0.25) is 4.55 Å². The Morgan fingerprint density at radius 3 is 2.65 bits per heavy atom. The molecule has 2 amide bonds. The number of alkyl halides is 1. The summed E-state index contributed by atoms with van der Waals surface area (Å²) in [6.07, 6.45) is -1.35. The van der Waals surface area contributed by atoms with Gasteiger partial charge in [-0.1, -0.05) is 0 Å². The number of aliphatic carboxylic acids is 1. The number of nitrogens with one attached hydrogen (secondary N) is 1. The van der Waals surface area contributed by atoms with Crippen molar-refractivity contribution in [2.45, 2.75) is 30.6 Å². The number of carboxylic acid groups (broad SMARTS) is 1. The minimum atomic E-state index is -4.92. The Balaban J connectivity index is 1.96. The molecular formula is C11H16FN3O7S. The molecular weight excluding hydrogens is 337 g/mol. The zero-order chi connectivity index (χ0) is 17.0. The zero-order valence-electron chi connectivity index (χ0n) is 11.9. The lowest BCUT2D eigenvalue weighted by atomic mass is 9.74. The molecule has 3 aliphatic rings. The van der Waals surface area contributed by atoms with Crippen LogP contribution in [0.15, 0.2) is 0 Å². The van der Waals surface area contributed by atoms with Crippen LogP contribution in [0.5, 0.6) is 0 Å². The third-order valence-corrected chi connectivity index (χ3v) is 5.13. The zero-order valence-corrected chi connectivity index (χ0v) is 12.7. The second-order valence-corrected chi connectivity index (χ2v) is 6.93. The lowest BCUT2D eigenvalue weighted by Gasteiger charge is -2.44. The van der Waals surface area contributed by atoms with Crippen molar-refractivity contribution in [2.24, 2.45) is 5.92 Å². The second-order valence-electron chi connectivity index (χ2n) is 5.92. The lowest BCUT2D eigenvalue weighted by Crippen LogP contribution is -2.64. The van der Waals surface area contributed by atoms with Crippen molar-refractivity contribution < 1.29 is 36.3 Å². The number of hydroxylamine groups is 2. The topological polar surface area (TPSA) is 136 Å². The van der Waals surface area contributed by atoms with Gasteiger partial charge in [0, 0.05) is 25.6 Å². The molecule has 0 saturated carbocycles. The van der Waals surface area contributed by atoms with Gasteiger partial charge >= 0.3 is 22.4 Å². The van der Waals surface area contributed by atoms with Crippen molar-refractivity contribution in [3.8, 4) is 0 Å². The Bertz CT molecular complexity index is 644. The summed E-state index contributed by atoms with van der Waals surface area (Å²) in [5, 5.41) is 12.9. The van der Waals surface area contributed by atoms with Crippen LogP contribution in [0.1, 0.15) is 12.8 Å². The predicted octanol–water partition coefficient (Wildman–Crippen LogP) is -0.998. The van der Waals surface area contributed by atoms with Crippen LogP contribution in [0, 0.1) is 5.92 Å². The van der Waals surface area contributed by atoms with Crippen LogP contribution in [0.2, 0.25) is 0 Å². The fourth-order valence-electron chi connectivity index (χ4n) is 3.78. The first-order valence-electron chi connectivity index (χ1n) is 7.03. The van der Waals surface area contributed by atoms with E-state index >= 15 is 0 Å². The molecule has 3 rings (SSSR count). The Hall–Kier alpha value is -1.50. The van der Waals surface area contributed by atoms with Gasteiger partial charge in [0.2, 0.25) is 0 Å². The summed E-state index contributed by atoms with van der Waals surface area (Å²) in [4.78, 5) is 25.3. The van der Waals surface area contributed by atoms with Gasteiger partial charge in [0.1, 0.15) is 11.7 Å². The smallest absolute Gasteiger partial charge is 0.418 e. The van der Waals surface area contributed by atoms with Gasteiger partial charge in [0.15, 0.2) is 0 Å². The number of carboxylic acids is 1. The fraction of sp³-hybridized carbons (Fsp3) is 0.818. The van der Waals surface area contributed by atoms with Crippen molar-refractivity contribution in [3.05, 3.63) is 0 Å². The molecule has 10 nitrogen and oxygen atoms in total. The van der Waals surface area contributed by atoms with Gasteiger partial charge in [0.05, 0.1) is 6.04 Å². The Morgan fingerprint density at radius 2 is 2.13 bits per heavy atom. The third kappa shape index (κ3) is 2.45. The summed E-state index contributed by atoms with van der Waals surface area (Å²) in [6, 6.07) is -1.73. The molecule has 0 aliphatic carbocycles. The highest BCUT2D eigenvalue weighted by Gasteiger charge is 2.63. The molecule has 3 N–H and O–H groups in total. The van der Waals surface area contributed by atoms with Crippen molar-refractivity contribution in [1.82, 2.24) is 15.3 Å². The molecule has 3 aliphatic heterocycles. The molecule has 23 heavy (non-hydrogen) atoms. The van der Waals surface area contributed by atoms with Gasteiger partial charge in [-0.15, -0.1) is 4.28 Å². The molecule has 3 saturated heterocycles. The molecule has 3 heterocycles. The monoisotopic (exact) mass is 353 g/mol. The van der Waals surface area contributed by atoms with Crippen LogP contribution in [-0.2, 0) is 19.5 Å². The SMILES string of the molecule is O=C1N(OS(=O)(=O)O)[C@@H]2CC[C@@](C(=O)O)([C@@H]3CNC[C@H]3F)N1C2. The molecule has 0 unspecified atom stereocenters. The number of hydrogen-bond donors (Lipinski definition) is 3. The average molecular weight is 353 g/mol. The Labute approximate surface area is 131 Å². The number of piperidine rings is 1. The van der Waals surface area contributed by atoms with E-state index in [1.54, 1.807) is 0 Å². The maximum atomic E-state index is 14.2. The van der Waals surface area contributed by atoms with Gasteiger partial charge in [0.25, 0.3) is 0 Å².